The third-order valence-electron chi connectivity index (χ3n) is 4.60. The first kappa shape index (κ1) is 20.0. The lowest BCUT2D eigenvalue weighted by Crippen LogP contribution is -2.69. The minimum absolute atomic E-state index is 0.349. The fourth-order valence-electron chi connectivity index (χ4n) is 3.10. The monoisotopic (exact) mass is 386 g/mol. The summed E-state index contributed by atoms with van der Waals surface area (Å²) in [6, 6.07) is 14.4. The van der Waals surface area contributed by atoms with Crippen LogP contribution in [0.25, 0.3) is 0 Å². The molecule has 2 amide bonds. The predicted molar refractivity (Wildman–Crippen MR) is 99.4 cm³/mol. The van der Waals surface area contributed by atoms with Crippen LogP contribution in [0.1, 0.15) is 20.7 Å². The Bertz CT molecular complexity index is 801. The maximum absolute atomic E-state index is 12.5. The van der Waals surface area contributed by atoms with Gasteiger partial charge in [0.15, 0.2) is 6.29 Å². The molecule has 8 nitrogen and oxygen atoms in total. The van der Waals surface area contributed by atoms with E-state index in [1.54, 1.807) is 60.7 Å². The zero-order chi connectivity index (χ0) is 20.1. The van der Waals surface area contributed by atoms with Crippen molar-refractivity contribution in [2.45, 2.75) is 30.6 Å². The number of aliphatic hydroxyl groups is 3. The topological polar surface area (TPSA) is 128 Å². The van der Waals surface area contributed by atoms with E-state index in [2.05, 4.69) is 10.6 Å². The minimum Gasteiger partial charge on any atom is -0.394 e. The van der Waals surface area contributed by atoms with Crippen LogP contribution in [-0.2, 0) is 4.74 Å². The van der Waals surface area contributed by atoms with Crippen molar-refractivity contribution in [2.24, 2.45) is 0 Å². The van der Waals surface area contributed by atoms with E-state index in [4.69, 9.17) is 4.74 Å². The van der Waals surface area contributed by atoms with Crippen molar-refractivity contribution in [3.8, 4) is 0 Å². The average Bonchev–Trinajstić information content (AvgIpc) is 2.73. The molecule has 0 bridgehead atoms. The van der Waals surface area contributed by atoms with Gasteiger partial charge in [0, 0.05) is 11.1 Å². The molecule has 1 heterocycles. The number of carbonyl (C=O) groups excluding carboxylic acids is 2. The van der Waals surface area contributed by atoms with Crippen molar-refractivity contribution in [3.63, 3.8) is 0 Å². The van der Waals surface area contributed by atoms with E-state index in [0.29, 0.717) is 11.1 Å². The zero-order valence-corrected chi connectivity index (χ0v) is 14.9. The van der Waals surface area contributed by atoms with Gasteiger partial charge in [-0.05, 0) is 24.3 Å². The Morgan fingerprint density at radius 1 is 0.821 bits per heavy atom. The largest absolute Gasteiger partial charge is 0.394 e. The van der Waals surface area contributed by atoms with Crippen LogP contribution in [0.3, 0.4) is 0 Å². The first-order valence-corrected chi connectivity index (χ1v) is 8.85. The van der Waals surface area contributed by atoms with Gasteiger partial charge in [-0.2, -0.15) is 0 Å². The van der Waals surface area contributed by atoms with Gasteiger partial charge in [-0.1, -0.05) is 36.4 Å². The van der Waals surface area contributed by atoms with E-state index in [1.165, 1.54) is 0 Å². The number of hydrogen-bond donors (Lipinski definition) is 5. The second-order valence-corrected chi connectivity index (χ2v) is 6.47. The highest BCUT2D eigenvalue weighted by Gasteiger charge is 2.46. The molecule has 5 atom stereocenters. The van der Waals surface area contributed by atoms with Crippen molar-refractivity contribution in [1.82, 2.24) is 10.6 Å². The van der Waals surface area contributed by atoms with Crippen molar-refractivity contribution >= 4 is 11.8 Å². The van der Waals surface area contributed by atoms with Crippen LogP contribution in [-0.4, -0.2) is 64.3 Å². The van der Waals surface area contributed by atoms with E-state index >= 15 is 0 Å². The summed E-state index contributed by atoms with van der Waals surface area (Å²) in [7, 11) is 0. The highest BCUT2D eigenvalue weighted by Crippen LogP contribution is 2.21. The Balaban J connectivity index is 1.82. The summed E-state index contributed by atoms with van der Waals surface area (Å²) in [6.45, 7) is -0.560. The van der Waals surface area contributed by atoms with Gasteiger partial charge in [0.25, 0.3) is 11.8 Å². The fraction of sp³-hybridized carbons (Fsp3) is 0.300. The molecule has 148 valence electrons. The number of nitrogens with one attached hydrogen (secondary N) is 2. The molecule has 0 unspecified atom stereocenters. The number of rotatable bonds is 5. The van der Waals surface area contributed by atoms with Gasteiger partial charge in [0.05, 0.1) is 12.6 Å². The lowest BCUT2D eigenvalue weighted by atomic mass is 9.93. The van der Waals surface area contributed by atoms with Crippen molar-refractivity contribution in [3.05, 3.63) is 71.8 Å². The predicted octanol–water partition coefficient (Wildman–Crippen LogP) is -0.346. The third-order valence-corrected chi connectivity index (χ3v) is 4.60. The van der Waals surface area contributed by atoms with E-state index in [9.17, 15) is 24.9 Å². The molecule has 1 aliphatic rings. The molecule has 2 aromatic rings. The van der Waals surface area contributed by atoms with E-state index in [1.807, 2.05) is 0 Å². The second-order valence-electron chi connectivity index (χ2n) is 6.47. The average molecular weight is 386 g/mol. The molecule has 1 saturated heterocycles. The number of hydrogen-bond acceptors (Lipinski definition) is 6. The summed E-state index contributed by atoms with van der Waals surface area (Å²) >= 11 is 0. The fourth-order valence-corrected chi connectivity index (χ4v) is 3.10. The maximum Gasteiger partial charge on any atom is 0.251 e. The highest BCUT2D eigenvalue weighted by atomic mass is 16.6. The first-order valence-electron chi connectivity index (χ1n) is 8.85. The summed E-state index contributed by atoms with van der Waals surface area (Å²) in [5, 5.41) is 35.5. The lowest BCUT2D eigenvalue weighted by Gasteiger charge is -2.43. The van der Waals surface area contributed by atoms with Crippen LogP contribution in [0.2, 0.25) is 0 Å². The summed E-state index contributed by atoms with van der Waals surface area (Å²) in [6.07, 6.45) is -3.99. The van der Waals surface area contributed by atoms with Crippen LogP contribution >= 0.6 is 0 Å². The number of benzene rings is 2. The van der Waals surface area contributed by atoms with Crippen molar-refractivity contribution < 1.29 is 29.6 Å². The Labute approximate surface area is 161 Å². The van der Waals surface area contributed by atoms with Gasteiger partial charge in [-0.15, -0.1) is 0 Å². The molecular weight excluding hydrogens is 364 g/mol. The molecule has 0 aromatic heterocycles. The van der Waals surface area contributed by atoms with Crippen molar-refractivity contribution in [1.29, 1.82) is 0 Å². The molecule has 0 aliphatic carbocycles. The Morgan fingerprint density at radius 2 is 1.29 bits per heavy atom. The molecule has 0 saturated carbocycles. The normalized spacial score (nSPS) is 27.0. The molecule has 3 rings (SSSR count). The molecule has 28 heavy (non-hydrogen) atoms. The van der Waals surface area contributed by atoms with E-state index < -0.39 is 49.0 Å². The van der Waals surface area contributed by atoms with Gasteiger partial charge in [-0.25, -0.2) is 0 Å². The van der Waals surface area contributed by atoms with E-state index in [-0.39, 0.29) is 0 Å². The van der Waals surface area contributed by atoms with Gasteiger partial charge in [0.2, 0.25) is 0 Å². The van der Waals surface area contributed by atoms with Crippen LogP contribution in [0.5, 0.6) is 0 Å². The van der Waals surface area contributed by atoms with Gasteiger partial charge >= 0.3 is 0 Å². The number of ether oxygens (including phenoxy) is 1. The third kappa shape index (κ3) is 4.37. The Kier molecular flexibility index (Phi) is 6.37. The summed E-state index contributed by atoms with van der Waals surface area (Å²) in [5.41, 5.74) is 0.700. The quantitative estimate of drug-likeness (QED) is 0.478. The lowest BCUT2D eigenvalue weighted by molar-refractivity contribution is -0.228. The van der Waals surface area contributed by atoms with Gasteiger partial charge < -0.3 is 30.7 Å². The van der Waals surface area contributed by atoms with Crippen LogP contribution in [0, 0.1) is 0 Å². The number of carbonyl (C=O) groups is 2. The summed E-state index contributed by atoms with van der Waals surface area (Å²) < 4.78 is 5.20. The number of amides is 2. The summed E-state index contributed by atoms with van der Waals surface area (Å²) in [4.78, 5) is 25.0. The zero-order valence-electron chi connectivity index (χ0n) is 14.9. The molecule has 0 spiro atoms. The van der Waals surface area contributed by atoms with E-state index in [0.717, 1.165) is 0 Å². The van der Waals surface area contributed by atoms with Gasteiger partial charge in [-0.3, -0.25) is 9.59 Å². The summed E-state index contributed by atoms with van der Waals surface area (Å²) in [5.74, 6) is -0.990. The first-order chi connectivity index (χ1) is 13.5. The van der Waals surface area contributed by atoms with Crippen LogP contribution < -0.4 is 10.6 Å². The van der Waals surface area contributed by atoms with Crippen molar-refractivity contribution in [2.75, 3.05) is 6.61 Å². The minimum atomic E-state index is -1.53. The van der Waals surface area contributed by atoms with Gasteiger partial charge in [0.1, 0.15) is 18.2 Å². The molecule has 2 aromatic carbocycles. The van der Waals surface area contributed by atoms with Crippen LogP contribution in [0.4, 0.5) is 0 Å². The standard InChI is InChI=1S/C20H22N2O6/c23-11-14-17(24)15(21-18(25)12-7-3-1-4-8-12)16(20(27)28-14)22-19(26)13-9-5-2-6-10-13/h1-10,14-17,20,23-24,27H,11H2,(H,21,25)(H,22,26)/t14-,15+,16+,17+,20+/m1/s1. The van der Waals surface area contributed by atoms with Crippen LogP contribution in [0.15, 0.2) is 60.7 Å². The molecule has 1 fully saturated rings. The Morgan fingerprint density at radius 3 is 1.75 bits per heavy atom. The molecule has 1 aliphatic heterocycles. The second kappa shape index (κ2) is 8.94. The Hall–Kier alpha value is -2.78. The highest BCUT2D eigenvalue weighted by molar-refractivity contribution is 5.95. The number of aliphatic hydroxyl groups excluding tert-OH is 3. The molecule has 8 heteroatoms. The molecular formula is C20H22N2O6. The molecule has 0 radical (unpaired) electrons. The maximum atomic E-state index is 12.5. The molecule has 5 N–H and O–H groups in total. The smallest absolute Gasteiger partial charge is 0.251 e. The SMILES string of the molecule is O=C(N[C@@H]1[C@@H](O)[C@@H](CO)O[C@H](O)[C@H]1NC(=O)c1ccccc1)c1ccccc1.